The molecule has 0 aliphatic heterocycles. The molecule has 0 bridgehead atoms. The lowest BCUT2D eigenvalue weighted by Gasteiger charge is -2.70. The van der Waals surface area contributed by atoms with E-state index in [1.54, 1.807) is 0 Å². The fraction of sp³-hybridized carbons (Fsp3) is 0.871. The average molecular weight is 485 g/mol. The summed E-state index contributed by atoms with van der Waals surface area (Å²) >= 11 is 0. The first-order chi connectivity index (χ1) is 16.1. The smallest absolute Gasteiger partial charge is 0.311 e. The molecule has 0 saturated heterocycles. The number of esters is 1. The molecule has 4 saturated carbocycles. The van der Waals surface area contributed by atoms with Gasteiger partial charge in [0.2, 0.25) is 0 Å². The molecule has 0 heterocycles. The van der Waals surface area contributed by atoms with Crippen molar-refractivity contribution in [3.05, 3.63) is 11.6 Å². The molecule has 0 aromatic rings. The second-order valence-corrected chi connectivity index (χ2v) is 15.1. The molecule has 0 aromatic heterocycles. The first kappa shape index (κ1) is 25.5. The van der Waals surface area contributed by atoms with Crippen molar-refractivity contribution in [2.75, 3.05) is 7.11 Å². The number of fused-ring (bicyclic) bond motifs is 7. The Balaban J connectivity index is 1.61. The summed E-state index contributed by atoms with van der Waals surface area (Å²) in [6.45, 7) is 16.2. The number of ketones is 1. The molecule has 4 heteroatoms. The minimum atomic E-state index is -0.480. The second kappa shape index (κ2) is 7.45. The van der Waals surface area contributed by atoms with Crippen molar-refractivity contribution in [1.82, 2.24) is 0 Å². The van der Waals surface area contributed by atoms with E-state index in [2.05, 4.69) is 54.5 Å². The van der Waals surface area contributed by atoms with E-state index < -0.39 is 5.41 Å². The Morgan fingerprint density at radius 2 is 1.60 bits per heavy atom. The standard InChI is InChI=1S/C31H48O4/c1-26(2)22-9-12-31(7)24(29(22,5)11-10-23(26)33)21(32)17-19-20-18-28(4,25(34)35-8)14-13-27(20,3)15-16-30(19,31)6/h17,20,22-24,33H,9-16,18H2,1-8H3/t20-,22-,23-,24+,27+,28+,29-,30+,31+/m0/s1. The number of allylic oxidation sites excluding steroid dienone is 2. The van der Waals surface area contributed by atoms with Crippen LogP contribution in [0.5, 0.6) is 0 Å². The van der Waals surface area contributed by atoms with Crippen molar-refractivity contribution in [2.45, 2.75) is 112 Å². The van der Waals surface area contributed by atoms with Crippen molar-refractivity contribution in [2.24, 2.45) is 50.2 Å². The van der Waals surface area contributed by atoms with Crippen molar-refractivity contribution >= 4 is 11.8 Å². The van der Waals surface area contributed by atoms with E-state index in [4.69, 9.17) is 4.74 Å². The van der Waals surface area contributed by atoms with E-state index in [1.807, 2.05) is 0 Å². The molecule has 0 amide bonds. The van der Waals surface area contributed by atoms with Crippen LogP contribution in [0, 0.1) is 50.2 Å². The lowest BCUT2D eigenvalue weighted by molar-refractivity contribution is -0.202. The molecular formula is C31H48O4. The summed E-state index contributed by atoms with van der Waals surface area (Å²) in [6.07, 6.45) is 10.5. The van der Waals surface area contributed by atoms with Crippen LogP contribution < -0.4 is 0 Å². The van der Waals surface area contributed by atoms with E-state index in [-0.39, 0.29) is 51.0 Å². The molecule has 0 unspecified atom stereocenters. The number of carbonyl (C=O) groups is 2. The van der Waals surface area contributed by atoms with Gasteiger partial charge in [0.05, 0.1) is 18.6 Å². The minimum absolute atomic E-state index is 0.00536. The van der Waals surface area contributed by atoms with Crippen LogP contribution >= 0.6 is 0 Å². The molecule has 1 N–H and O–H groups in total. The highest BCUT2D eigenvalue weighted by atomic mass is 16.5. The summed E-state index contributed by atoms with van der Waals surface area (Å²) in [4.78, 5) is 27.1. The van der Waals surface area contributed by atoms with Crippen molar-refractivity contribution in [3.8, 4) is 0 Å². The molecule has 5 aliphatic carbocycles. The van der Waals surface area contributed by atoms with Gasteiger partial charge in [0.25, 0.3) is 0 Å². The van der Waals surface area contributed by atoms with Crippen molar-refractivity contribution in [3.63, 3.8) is 0 Å². The van der Waals surface area contributed by atoms with Gasteiger partial charge in [0.1, 0.15) is 0 Å². The predicted molar refractivity (Wildman–Crippen MR) is 137 cm³/mol. The monoisotopic (exact) mass is 484 g/mol. The van der Waals surface area contributed by atoms with Crippen LogP contribution in [0.25, 0.3) is 0 Å². The number of aliphatic hydroxyl groups is 1. The van der Waals surface area contributed by atoms with E-state index in [0.717, 1.165) is 57.8 Å². The van der Waals surface area contributed by atoms with Crippen molar-refractivity contribution in [1.29, 1.82) is 0 Å². The van der Waals surface area contributed by atoms with Gasteiger partial charge < -0.3 is 9.84 Å². The lowest BCUT2D eigenvalue weighted by Crippen LogP contribution is -2.66. The van der Waals surface area contributed by atoms with Gasteiger partial charge in [-0.3, -0.25) is 9.59 Å². The summed E-state index contributed by atoms with van der Waals surface area (Å²) < 4.78 is 5.25. The fourth-order valence-electron chi connectivity index (χ4n) is 10.6. The van der Waals surface area contributed by atoms with Gasteiger partial charge in [-0.2, -0.15) is 0 Å². The number of rotatable bonds is 1. The zero-order chi connectivity index (χ0) is 25.8. The van der Waals surface area contributed by atoms with Gasteiger partial charge in [0.15, 0.2) is 5.78 Å². The Morgan fingerprint density at radius 1 is 0.943 bits per heavy atom. The normalized spacial score (nSPS) is 52.8. The van der Waals surface area contributed by atoms with Gasteiger partial charge in [-0.05, 0) is 110 Å². The zero-order valence-corrected chi connectivity index (χ0v) is 23.4. The third-order valence-corrected chi connectivity index (χ3v) is 13.2. The molecule has 9 atom stereocenters. The van der Waals surface area contributed by atoms with Crippen LogP contribution in [0.3, 0.4) is 0 Å². The third-order valence-electron chi connectivity index (χ3n) is 13.2. The molecule has 4 fully saturated rings. The lowest BCUT2D eigenvalue weighted by atomic mass is 9.33. The van der Waals surface area contributed by atoms with E-state index >= 15 is 0 Å². The third kappa shape index (κ3) is 3.07. The molecule has 196 valence electrons. The van der Waals surface area contributed by atoms with Gasteiger partial charge in [-0.15, -0.1) is 0 Å². The van der Waals surface area contributed by atoms with Crippen LogP contribution in [0.4, 0.5) is 0 Å². The van der Waals surface area contributed by atoms with Gasteiger partial charge >= 0.3 is 5.97 Å². The molecule has 0 aromatic carbocycles. The largest absolute Gasteiger partial charge is 0.469 e. The highest BCUT2D eigenvalue weighted by molar-refractivity contribution is 5.95. The summed E-state index contributed by atoms with van der Waals surface area (Å²) in [5.41, 5.74) is 0.590. The van der Waals surface area contributed by atoms with Crippen LogP contribution in [-0.4, -0.2) is 30.1 Å². The van der Waals surface area contributed by atoms with E-state index in [1.165, 1.54) is 12.7 Å². The maximum absolute atomic E-state index is 14.3. The summed E-state index contributed by atoms with van der Waals surface area (Å²) in [5.74, 6) is 0.805. The Kier molecular flexibility index (Phi) is 5.43. The minimum Gasteiger partial charge on any atom is -0.469 e. The number of ether oxygens (including phenoxy) is 1. The van der Waals surface area contributed by atoms with Gasteiger partial charge in [-0.1, -0.05) is 47.1 Å². The van der Waals surface area contributed by atoms with Crippen LogP contribution in [-0.2, 0) is 14.3 Å². The van der Waals surface area contributed by atoms with E-state index in [9.17, 15) is 14.7 Å². The molecule has 0 spiro atoms. The Labute approximate surface area is 212 Å². The Bertz CT molecular complexity index is 980. The summed E-state index contributed by atoms with van der Waals surface area (Å²) in [5, 5.41) is 10.9. The molecule has 35 heavy (non-hydrogen) atoms. The van der Waals surface area contributed by atoms with Crippen LogP contribution in [0.15, 0.2) is 11.6 Å². The van der Waals surface area contributed by atoms with Gasteiger partial charge in [-0.25, -0.2) is 0 Å². The molecule has 5 rings (SSSR count). The highest BCUT2D eigenvalue weighted by Gasteiger charge is 2.70. The first-order valence-electron chi connectivity index (χ1n) is 14.1. The van der Waals surface area contributed by atoms with Crippen LogP contribution in [0.2, 0.25) is 0 Å². The Hall–Kier alpha value is -1.16. The maximum Gasteiger partial charge on any atom is 0.311 e. The number of hydrogen-bond acceptors (Lipinski definition) is 4. The maximum atomic E-state index is 14.3. The zero-order valence-electron chi connectivity index (χ0n) is 23.4. The SMILES string of the molecule is COC(=O)[C@]1(C)CC[C@]2(C)CC[C@]3(C)C(=CC(=O)[C@@H]4[C@@]5(C)CC[C@H](O)C(C)(C)[C@@H]5CC[C@]43C)[C@@H]2C1. The first-order valence-corrected chi connectivity index (χ1v) is 14.1. The average Bonchev–Trinajstić information content (AvgIpc) is 2.78. The molecule has 4 nitrogen and oxygen atoms in total. The molecule has 5 aliphatic rings. The quantitative estimate of drug-likeness (QED) is 0.431. The molecule has 0 radical (unpaired) electrons. The second-order valence-electron chi connectivity index (χ2n) is 15.1. The number of carbonyl (C=O) groups excluding carboxylic acids is 2. The fourth-order valence-corrected chi connectivity index (χ4v) is 10.6. The van der Waals surface area contributed by atoms with Crippen molar-refractivity contribution < 1.29 is 19.4 Å². The summed E-state index contributed by atoms with van der Waals surface area (Å²) in [7, 11) is 1.50. The van der Waals surface area contributed by atoms with Crippen LogP contribution in [0.1, 0.15) is 106 Å². The highest BCUT2D eigenvalue weighted by Crippen LogP contribution is 2.75. The number of hydrogen-bond donors (Lipinski definition) is 1. The van der Waals surface area contributed by atoms with E-state index in [0.29, 0.717) is 11.7 Å². The van der Waals surface area contributed by atoms with Gasteiger partial charge in [0, 0.05) is 5.92 Å². The molecular weight excluding hydrogens is 436 g/mol. The predicted octanol–water partition coefficient (Wildman–Crippen LogP) is 6.50. The topological polar surface area (TPSA) is 63.6 Å². The summed E-state index contributed by atoms with van der Waals surface area (Å²) in [6, 6.07) is 0. The number of aliphatic hydroxyl groups excluding tert-OH is 1. The Morgan fingerprint density at radius 3 is 2.26 bits per heavy atom. The number of methoxy groups -OCH3 is 1.